The molecule has 3 heteroatoms. The lowest BCUT2D eigenvalue weighted by Gasteiger charge is -2.36. The Bertz CT molecular complexity index is 333. The van der Waals surface area contributed by atoms with Gasteiger partial charge >= 0.3 is 0 Å². The Morgan fingerprint density at radius 2 is 1.82 bits per heavy atom. The Kier molecular flexibility index (Phi) is 4.97. The molecular formula is C14H24N2O. The highest BCUT2D eigenvalue weighted by Crippen LogP contribution is 2.22. The number of benzene rings is 1. The Hall–Kier alpha value is -1.06. The van der Waals surface area contributed by atoms with E-state index in [0.717, 1.165) is 18.8 Å². The Balaban J connectivity index is 2.73. The fourth-order valence-corrected chi connectivity index (χ4v) is 1.56. The van der Waals surface area contributed by atoms with Gasteiger partial charge in [0.05, 0.1) is 12.1 Å². The molecule has 0 radical (unpaired) electrons. The molecule has 1 aromatic rings. The van der Waals surface area contributed by atoms with Gasteiger partial charge in [-0.05, 0) is 38.1 Å². The first kappa shape index (κ1) is 14.0. The standard InChI is InChI=1S/C14H24N2O/c1-5-15-10-12-6-8-13(9-7-12)16(4)14(2,3)11-17/h6-9,15,17H,5,10-11H2,1-4H3. The maximum atomic E-state index is 9.34. The van der Waals surface area contributed by atoms with Crippen molar-refractivity contribution in [3.05, 3.63) is 29.8 Å². The van der Waals surface area contributed by atoms with Crippen molar-refractivity contribution < 1.29 is 5.11 Å². The molecule has 0 aliphatic carbocycles. The van der Waals surface area contributed by atoms with E-state index < -0.39 is 0 Å². The number of nitrogens with one attached hydrogen (secondary N) is 1. The van der Waals surface area contributed by atoms with E-state index in [-0.39, 0.29) is 12.1 Å². The molecule has 96 valence electrons. The van der Waals surface area contributed by atoms with Crippen LogP contribution in [-0.4, -0.2) is 30.8 Å². The van der Waals surface area contributed by atoms with Gasteiger partial charge in [0.1, 0.15) is 0 Å². The zero-order chi connectivity index (χ0) is 12.9. The molecule has 0 saturated heterocycles. The first-order valence-electron chi connectivity index (χ1n) is 6.15. The van der Waals surface area contributed by atoms with Crippen LogP contribution in [0.2, 0.25) is 0 Å². The van der Waals surface area contributed by atoms with Crippen LogP contribution in [0.4, 0.5) is 5.69 Å². The third-order valence-electron chi connectivity index (χ3n) is 3.20. The maximum absolute atomic E-state index is 9.34. The van der Waals surface area contributed by atoms with Crippen LogP contribution in [0.1, 0.15) is 26.3 Å². The first-order valence-corrected chi connectivity index (χ1v) is 6.15. The summed E-state index contributed by atoms with van der Waals surface area (Å²) in [6.45, 7) is 8.19. The van der Waals surface area contributed by atoms with Gasteiger partial charge in [-0.3, -0.25) is 0 Å². The molecule has 17 heavy (non-hydrogen) atoms. The first-order chi connectivity index (χ1) is 8.01. The molecule has 0 heterocycles. The fraction of sp³-hybridized carbons (Fsp3) is 0.571. The highest BCUT2D eigenvalue weighted by Gasteiger charge is 2.22. The Morgan fingerprint density at radius 1 is 1.24 bits per heavy atom. The van der Waals surface area contributed by atoms with Gasteiger partial charge in [-0.25, -0.2) is 0 Å². The second-order valence-corrected chi connectivity index (χ2v) is 4.98. The summed E-state index contributed by atoms with van der Waals surface area (Å²) in [5.74, 6) is 0. The van der Waals surface area contributed by atoms with E-state index in [2.05, 4.69) is 41.4 Å². The van der Waals surface area contributed by atoms with E-state index in [1.54, 1.807) is 0 Å². The average Bonchev–Trinajstić information content (AvgIpc) is 2.36. The highest BCUT2D eigenvalue weighted by molar-refractivity contribution is 5.49. The number of nitrogens with zero attached hydrogens (tertiary/aromatic N) is 1. The van der Waals surface area contributed by atoms with Crippen LogP contribution in [0.5, 0.6) is 0 Å². The number of anilines is 1. The number of aliphatic hydroxyl groups excluding tert-OH is 1. The lowest BCUT2D eigenvalue weighted by atomic mass is 10.0. The van der Waals surface area contributed by atoms with Gasteiger partial charge in [0.2, 0.25) is 0 Å². The largest absolute Gasteiger partial charge is 0.394 e. The van der Waals surface area contributed by atoms with Gasteiger partial charge in [0, 0.05) is 19.3 Å². The summed E-state index contributed by atoms with van der Waals surface area (Å²) in [4.78, 5) is 2.10. The molecule has 0 amide bonds. The van der Waals surface area contributed by atoms with Crippen molar-refractivity contribution in [1.82, 2.24) is 5.32 Å². The fourth-order valence-electron chi connectivity index (χ4n) is 1.56. The second kappa shape index (κ2) is 6.03. The second-order valence-electron chi connectivity index (χ2n) is 4.98. The van der Waals surface area contributed by atoms with Gasteiger partial charge in [-0.1, -0.05) is 19.1 Å². The minimum absolute atomic E-state index is 0.142. The molecular weight excluding hydrogens is 212 g/mol. The van der Waals surface area contributed by atoms with E-state index in [9.17, 15) is 5.11 Å². The van der Waals surface area contributed by atoms with Crippen LogP contribution in [0.25, 0.3) is 0 Å². The van der Waals surface area contributed by atoms with E-state index in [1.165, 1.54) is 5.56 Å². The predicted octanol–water partition coefficient (Wildman–Crippen LogP) is 2.00. The van der Waals surface area contributed by atoms with Crippen molar-refractivity contribution in [2.24, 2.45) is 0 Å². The third kappa shape index (κ3) is 3.72. The predicted molar refractivity (Wildman–Crippen MR) is 73.4 cm³/mol. The van der Waals surface area contributed by atoms with Crippen LogP contribution in [-0.2, 0) is 6.54 Å². The summed E-state index contributed by atoms with van der Waals surface area (Å²) in [5.41, 5.74) is 2.18. The summed E-state index contributed by atoms with van der Waals surface area (Å²) >= 11 is 0. The zero-order valence-electron chi connectivity index (χ0n) is 11.3. The molecule has 3 nitrogen and oxygen atoms in total. The van der Waals surface area contributed by atoms with Crippen LogP contribution in [0.3, 0.4) is 0 Å². The Morgan fingerprint density at radius 3 is 2.29 bits per heavy atom. The highest BCUT2D eigenvalue weighted by atomic mass is 16.3. The van der Waals surface area contributed by atoms with Crippen molar-refractivity contribution in [3.8, 4) is 0 Å². The molecule has 0 unspecified atom stereocenters. The normalized spacial score (nSPS) is 11.6. The van der Waals surface area contributed by atoms with Crippen molar-refractivity contribution in [1.29, 1.82) is 0 Å². The van der Waals surface area contributed by atoms with Gasteiger partial charge in [-0.15, -0.1) is 0 Å². The van der Waals surface area contributed by atoms with Crippen LogP contribution < -0.4 is 10.2 Å². The molecule has 0 bridgehead atoms. The SMILES string of the molecule is CCNCc1ccc(N(C)C(C)(C)CO)cc1. The molecule has 0 fully saturated rings. The molecule has 1 aromatic carbocycles. The van der Waals surface area contributed by atoms with Crippen molar-refractivity contribution in [3.63, 3.8) is 0 Å². The molecule has 0 aromatic heterocycles. The van der Waals surface area contributed by atoms with E-state index in [0.29, 0.717) is 0 Å². The molecule has 0 atom stereocenters. The molecule has 2 N–H and O–H groups in total. The van der Waals surface area contributed by atoms with Crippen molar-refractivity contribution >= 4 is 5.69 Å². The van der Waals surface area contributed by atoms with Gasteiger partial charge < -0.3 is 15.3 Å². The quantitative estimate of drug-likeness (QED) is 0.793. The van der Waals surface area contributed by atoms with E-state index >= 15 is 0 Å². The third-order valence-corrected chi connectivity index (χ3v) is 3.20. The average molecular weight is 236 g/mol. The summed E-state index contributed by atoms with van der Waals surface area (Å²) in [6.07, 6.45) is 0. The maximum Gasteiger partial charge on any atom is 0.0658 e. The van der Waals surface area contributed by atoms with Crippen LogP contribution in [0, 0.1) is 0 Å². The summed E-state index contributed by atoms with van der Waals surface area (Å²) < 4.78 is 0. The lowest BCUT2D eigenvalue weighted by molar-refractivity contribution is 0.216. The minimum atomic E-state index is -0.233. The monoisotopic (exact) mass is 236 g/mol. The number of hydrogen-bond donors (Lipinski definition) is 2. The lowest BCUT2D eigenvalue weighted by Crippen LogP contribution is -2.44. The molecule has 0 aliphatic heterocycles. The van der Waals surface area contributed by atoms with Gasteiger partial charge in [0.15, 0.2) is 0 Å². The number of likely N-dealkylation sites (N-methyl/N-ethyl adjacent to an activating group) is 1. The number of rotatable bonds is 6. The van der Waals surface area contributed by atoms with Gasteiger partial charge in [0.25, 0.3) is 0 Å². The van der Waals surface area contributed by atoms with Crippen LogP contribution in [0.15, 0.2) is 24.3 Å². The van der Waals surface area contributed by atoms with Crippen molar-refractivity contribution in [2.45, 2.75) is 32.9 Å². The minimum Gasteiger partial charge on any atom is -0.394 e. The molecule has 0 saturated carbocycles. The zero-order valence-corrected chi connectivity index (χ0v) is 11.3. The molecule has 0 spiro atoms. The topological polar surface area (TPSA) is 35.5 Å². The van der Waals surface area contributed by atoms with E-state index in [1.807, 2.05) is 20.9 Å². The Labute approximate surface area is 104 Å². The van der Waals surface area contributed by atoms with E-state index in [4.69, 9.17) is 0 Å². The number of aliphatic hydroxyl groups is 1. The van der Waals surface area contributed by atoms with Crippen LogP contribution >= 0.6 is 0 Å². The molecule has 0 aliphatic rings. The number of hydrogen-bond acceptors (Lipinski definition) is 3. The summed E-state index contributed by atoms with van der Waals surface area (Å²) in [6, 6.07) is 8.46. The smallest absolute Gasteiger partial charge is 0.0658 e. The van der Waals surface area contributed by atoms with Gasteiger partial charge in [-0.2, -0.15) is 0 Å². The summed E-state index contributed by atoms with van der Waals surface area (Å²) in [5, 5.41) is 12.6. The summed E-state index contributed by atoms with van der Waals surface area (Å²) in [7, 11) is 2.01. The van der Waals surface area contributed by atoms with Crippen molar-refractivity contribution in [2.75, 3.05) is 25.1 Å². The molecule has 1 rings (SSSR count).